The van der Waals surface area contributed by atoms with E-state index in [0.717, 1.165) is 0 Å². The summed E-state index contributed by atoms with van der Waals surface area (Å²) in [5.74, 6) is 0. The second kappa shape index (κ2) is 1.90. The Kier molecular flexibility index (Phi) is 1.24. The molecule has 0 fully saturated rings. The molecule has 0 atom stereocenters. The van der Waals surface area contributed by atoms with Gasteiger partial charge >= 0.3 is 0 Å². The van der Waals surface area contributed by atoms with E-state index >= 15 is 0 Å². The highest BCUT2D eigenvalue weighted by molar-refractivity contribution is 7.78. The summed E-state index contributed by atoms with van der Waals surface area (Å²) in [6, 6.07) is 0. The number of thiocarbonyl (C=S) groups is 1. The van der Waals surface area contributed by atoms with Gasteiger partial charge in [0.2, 0.25) is 0 Å². The molecule has 0 aromatic carbocycles. The van der Waals surface area contributed by atoms with Crippen LogP contribution in [-0.2, 0) is 4.84 Å². The van der Waals surface area contributed by atoms with Gasteiger partial charge in [0.15, 0.2) is 0 Å². The molecule has 1 N–H and O–H groups in total. The summed E-state index contributed by atoms with van der Waals surface area (Å²) in [5.41, 5.74) is 3.90. The van der Waals surface area contributed by atoms with Gasteiger partial charge in [0, 0.05) is 0 Å². The first-order valence-corrected chi connectivity index (χ1v) is 2.22. The van der Waals surface area contributed by atoms with Gasteiger partial charge in [-0.05, 0) is 0 Å². The fourth-order valence-corrected chi connectivity index (χ4v) is 0.388. The molecule has 0 unspecified atom stereocenters. The molecular weight excluding hydrogens is 112 g/mol. The smallest absolute Gasteiger partial charge is 0.131 e. The Morgan fingerprint density at radius 3 is 3.00 bits per heavy atom. The van der Waals surface area contributed by atoms with Crippen LogP contribution in [0.2, 0.25) is 0 Å². The van der Waals surface area contributed by atoms with Crippen molar-refractivity contribution >= 4 is 17.7 Å². The Morgan fingerprint density at radius 1 is 1.86 bits per heavy atom. The third-order valence-electron chi connectivity index (χ3n) is 0.561. The number of nitrogens with one attached hydrogen (secondary N) is 1. The van der Waals surface area contributed by atoms with Gasteiger partial charge in [-0.3, -0.25) is 0 Å². The summed E-state index contributed by atoms with van der Waals surface area (Å²) in [6.07, 6.45) is 3.18. The number of hydrogen-bond donors (Lipinski definition) is 1. The van der Waals surface area contributed by atoms with Crippen molar-refractivity contribution in [3.05, 3.63) is 12.5 Å². The van der Waals surface area contributed by atoms with Gasteiger partial charge in [-0.25, -0.2) is 5.01 Å². The SMILES string of the molecule is S=CN1C=CON1. The van der Waals surface area contributed by atoms with E-state index < -0.39 is 0 Å². The zero-order valence-electron chi connectivity index (χ0n) is 3.50. The maximum absolute atomic E-state index is 4.55. The predicted molar refractivity (Wildman–Crippen MR) is 28.9 cm³/mol. The summed E-state index contributed by atoms with van der Waals surface area (Å²) in [6.45, 7) is 0. The molecule has 0 aromatic heterocycles. The Balaban J connectivity index is 2.42. The van der Waals surface area contributed by atoms with Crippen LogP contribution in [0.1, 0.15) is 0 Å². The Morgan fingerprint density at radius 2 is 2.71 bits per heavy atom. The number of hydrazine groups is 1. The Hall–Kier alpha value is -0.610. The van der Waals surface area contributed by atoms with Gasteiger partial charge < -0.3 is 4.84 Å². The van der Waals surface area contributed by atoms with E-state index in [-0.39, 0.29) is 0 Å². The monoisotopic (exact) mass is 116 g/mol. The molecule has 0 spiro atoms. The zero-order chi connectivity index (χ0) is 5.11. The molecule has 0 saturated carbocycles. The lowest BCUT2D eigenvalue weighted by molar-refractivity contribution is 0.0804. The molecule has 1 aliphatic rings. The van der Waals surface area contributed by atoms with Crippen LogP contribution in [0.3, 0.4) is 0 Å². The van der Waals surface area contributed by atoms with E-state index in [2.05, 4.69) is 22.6 Å². The van der Waals surface area contributed by atoms with E-state index in [1.165, 1.54) is 16.8 Å². The minimum atomic E-state index is 1.43. The van der Waals surface area contributed by atoms with Crippen molar-refractivity contribution in [2.45, 2.75) is 0 Å². The molecule has 1 heterocycles. The summed E-state index contributed by atoms with van der Waals surface area (Å²) in [5, 5.41) is 1.52. The average molecular weight is 116 g/mol. The van der Waals surface area contributed by atoms with Gasteiger partial charge in [0.1, 0.15) is 6.26 Å². The predicted octanol–water partition coefficient (Wildman–Crippen LogP) is 0.167. The van der Waals surface area contributed by atoms with Gasteiger partial charge in [-0.15, -0.1) is 0 Å². The Labute approximate surface area is 46.5 Å². The summed E-state index contributed by atoms with van der Waals surface area (Å²) in [7, 11) is 0. The molecule has 0 aliphatic carbocycles. The third-order valence-corrected chi connectivity index (χ3v) is 0.788. The zero-order valence-corrected chi connectivity index (χ0v) is 4.31. The molecule has 0 amide bonds. The van der Waals surface area contributed by atoms with E-state index in [0.29, 0.717) is 0 Å². The van der Waals surface area contributed by atoms with Crippen LogP contribution >= 0.6 is 12.2 Å². The van der Waals surface area contributed by atoms with E-state index in [1.807, 2.05) is 0 Å². The standard InChI is InChI=1S/C3H4N2OS/c7-3-5-1-2-6-4-5/h1-4H. The number of rotatable bonds is 1. The lowest BCUT2D eigenvalue weighted by Gasteiger charge is -2.02. The molecule has 1 rings (SSSR count). The van der Waals surface area contributed by atoms with Crippen molar-refractivity contribution in [3.8, 4) is 0 Å². The largest absolute Gasteiger partial charge is 0.395 e. The summed E-state index contributed by atoms with van der Waals surface area (Å²) in [4.78, 5) is 4.55. The van der Waals surface area contributed by atoms with Crippen molar-refractivity contribution in [1.29, 1.82) is 0 Å². The highest BCUT2D eigenvalue weighted by atomic mass is 32.1. The van der Waals surface area contributed by atoms with Crippen molar-refractivity contribution in [2.24, 2.45) is 0 Å². The normalized spacial score (nSPS) is 16.9. The molecule has 7 heavy (non-hydrogen) atoms. The minimum absolute atomic E-state index is 1.43. The van der Waals surface area contributed by atoms with Crippen molar-refractivity contribution in [3.63, 3.8) is 0 Å². The first kappa shape index (κ1) is 4.55. The summed E-state index contributed by atoms with van der Waals surface area (Å²) < 4.78 is 0. The summed E-state index contributed by atoms with van der Waals surface area (Å²) >= 11 is 4.52. The molecule has 3 nitrogen and oxygen atoms in total. The van der Waals surface area contributed by atoms with Crippen LogP contribution in [-0.4, -0.2) is 10.5 Å². The fourth-order valence-electron chi connectivity index (χ4n) is 0.274. The molecule has 1 aliphatic heterocycles. The molecule has 4 heteroatoms. The van der Waals surface area contributed by atoms with Crippen LogP contribution in [0.25, 0.3) is 0 Å². The van der Waals surface area contributed by atoms with Crippen molar-refractivity contribution in [1.82, 2.24) is 10.6 Å². The quantitative estimate of drug-likeness (QED) is 0.493. The number of nitrogens with zero attached hydrogens (tertiary/aromatic N) is 1. The van der Waals surface area contributed by atoms with Crippen LogP contribution in [0.15, 0.2) is 12.5 Å². The molecule has 38 valence electrons. The van der Waals surface area contributed by atoms with Crippen molar-refractivity contribution < 1.29 is 4.84 Å². The molecular formula is C3H4N2OS. The molecule has 0 saturated heterocycles. The highest BCUT2D eigenvalue weighted by Gasteiger charge is 1.95. The average Bonchev–Trinajstić information content (AvgIpc) is 2.14. The lowest BCUT2D eigenvalue weighted by Crippen LogP contribution is -2.24. The second-order valence-corrected chi connectivity index (χ2v) is 1.22. The highest BCUT2D eigenvalue weighted by Crippen LogP contribution is 1.88. The van der Waals surface area contributed by atoms with Crippen LogP contribution in [0.4, 0.5) is 0 Å². The third kappa shape index (κ3) is 0.880. The van der Waals surface area contributed by atoms with E-state index in [9.17, 15) is 0 Å². The maximum atomic E-state index is 4.55. The first-order chi connectivity index (χ1) is 3.43. The van der Waals surface area contributed by atoms with Gasteiger partial charge in [0.05, 0.1) is 11.7 Å². The minimum Gasteiger partial charge on any atom is -0.395 e. The molecule has 0 aromatic rings. The second-order valence-electron chi connectivity index (χ2n) is 1.01. The molecule has 0 bridgehead atoms. The van der Waals surface area contributed by atoms with E-state index in [4.69, 9.17) is 0 Å². The van der Waals surface area contributed by atoms with Crippen LogP contribution < -0.4 is 5.59 Å². The maximum Gasteiger partial charge on any atom is 0.131 e. The Bertz CT molecular complexity index is 103. The van der Waals surface area contributed by atoms with Gasteiger partial charge in [0.25, 0.3) is 0 Å². The lowest BCUT2D eigenvalue weighted by atomic mass is 10.9. The van der Waals surface area contributed by atoms with Crippen LogP contribution in [0.5, 0.6) is 0 Å². The topological polar surface area (TPSA) is 24.5 Å². The van der Waals surface area contributed by atoms with Gasteiger partial charge in [-0.2, -0.15) is 0 Å². The fraction of sp³-hybridized carbons (Fsp3) is 0. The van der Waals surface area contributed by atoms with Gasteiger partial charge in [-0.1, -0.05) is 17.8 Å². The molecule has 0 radical (unpaired) electrons. The van der Waals surface area contributed by atoms with Crippen LogP contribution in [0, 0.1) is 0 Å². The van der Waals surface area contributed by atoms with E-state index in [1.54, 1.807) is 6.20 Å². The first-order valence-electron chi connectivity index (χ1n) is 1.75. The van der Waals surface area contributed by atoms with Crippen molar-refractivity contribution in [2.75, 3.05) is 0 Å². The number of hydrogen-bond acceptors (Lipinski definition) is 3.